The maximum atomic E-state index is 12.1. The third-order valence-corrected chi connectivity index (χ3v) is 3.14. The second kappa shape index (κ2) is 5.62. The van der Waals surface area contributed by atoms with E-state index in [1.54, 1.807) is 26.0 Å². The predicted octanol–water partition coefficient (Wildman–Crippen LogP) is 3.17. The molecule has 0 bridgehead atoms. The lowest BCUT2D eigenvalue weighted by Gasteiger charge is -2.07. The average molecular weight is 286 g/mol. The lowest BCUT2D eigenvalue weighted by molar-refractivity contribution is -0.385. The van der Waals surface area contributed by atoms with E-state index in [9.17, 15) is 20.0 Å². The van der Waals surface area contributed by atoms with Crippen LogP contribution in [0, 0.1) is 24.0 Å². The molecule has 0 unspecified atom stereocenters. The molecule has 0 aliphatic carbocycles. The second-order valence-corrected chi connectivity index (χ2v) is 4.71. The summed E-state index contributed by atoms with van der Waals surface area (Å²) >= 11 is 0. The molecule has 21 heavy (non-hydrogen) atoms. The van der Waals surface area contributed by atoms with Gasteiger partial charge < -0.3 is 10.4 Å². The van der Waals surface area contributed by atoms with Gasteiger partial charge in [0.1, 0.15) is 5.75 Å². The third kappa shape index (κ3) is 3.17. The molecule has 2 rings (SSSR count). The summed E-state index contributed by atoms with van der Waals surface area (Å²) in [6.45, 7) is 3.35. The van der Waals surface area contributed by atoms with E-state index in [1.165, 1.54) is 24.3 Å². The van der Waals surface area contributed by atoms with Crippen molar-refractivity contribution in [2.24, 2.45) is 0 Å². The lowest BCUT2D eigenvalue weighted by atomic mass is 10.1. The standard InChI is InChI=1S/C15H14N2O4/c1-9-3-5-11(7-13(9)17(20)21)15(19)16-12-6-4-10(2)14(18)8-12/h3-8,18H,1-2H3,(H,16,19). The van der Waals surface area contributed by atoms with Crippen molar-refractivity contribution in [2.45, 2.75) is 13.8 Å². The zero-order valence-electron chi connectivity index (χ0n) is 11.6. The van der Waals surface area contributed by atoms with Crippen LogP contribution < -0.4 is 5.32 Å². The van der Waals surface area contributed by atoms with Crippen LogP contribution in [-0.2, 0) is 0 Å². The Labute approximate surface area is 121 Å². The van der Waals surface area contributed by atoms with Gasteiger partial charge in [0.2, 0.25) is 0 Å². The van der Waals surface area contributed by atoms with Gasteiger partial charge in [0.15, 0.2) is 0 Å². The smallest absolute Gasteiger partial charge is 0.273 e. The van der Waals surface area contributed by atoms with Crippen molar-refractivity contribution in [1.29, 1.82) is 0 Å². The summed E-state index contributed by atoms with van der Waals surface area (Å²) in [7, 11) is 0. The van der Waals surface area contributed by atoms with Crippen molar-refractivity contribution in [3.8, 4) is 5.75 Å². The summed E-state index contributed by atoms with van der Waals surface area (Å²) in [6, 6.07) is 9.03. The quantitative estimate of drug-likeness (QED) is 0.669. The van der Waals surface area contributed by atoms with Gasteiger partial charge in [0.05, 0.1) is 4.92 Å². The first-order valence-electron chi connectivity index (χ1n) is 6.24. The van der Waals surface area contributed by atoms with E-state index < -0.39 is 10.8 Å². The zero-order chi connectivity index (χ0) is 15.6. The largest absolute Gasteiger partial charge is 0.508 e. The van der Waals surface area contributed by atoms with Gasteiger partial charge in [-0.15, -0.1) is 0 Å². The van der Waals surface area contributed by atoms with E-state index in [-0.39, 0.29) is 17.0 Å². The number of aromatic hydroxyl groups is 1. The van der Waals surface area contributed by atoms with E-state index in [1.807, 2.05) is 0 Å². The summed E-state index contributed by atoms with van der Waals surface area (Å²) < 4.78 is 0. The van der Waals surface area contributed by atoms with Gasteiger partial charge in [-0.05, 0) is 31.5 Å². The van der Waals surface area contributed by atoms with Crippen LogP contribution in [0.15, 0.2) is 36.4 Å². The molecule has 0 spiro atoms. The number of hydrogen-bond donors (Lipinski definition) is 2. The number of amides is 1. The van der Waals surface area contributed by atoms with E-state index in [0.29, 0.717) is 16.8 Å². The van der Waals surface area contributed by atoms with Gasteiger partial charge in [-0.2, -0.15) is 0 Å². The fourth-order valence-corrected chi connectivity index (χ4v) is 1.84. The molecule has 2 aromatic carbocycles. The Kier molecular flexibility index (Phi) is 3.89. The molecule has 0 aliphatic rings. The Balaban J connectivity index is 2.26. The Morgan fingerprint density at radius 2 is 1.81 bits per heavy atom. The first-order chi connectivity index (χ1) is 9.88. The fourth-order valence-electron chi connectivity index (χ4n) is 1.84. The van der Waals surface area contributed by atoms with Crippen LogP contribution in [-0.4, -0.2) is 15.9 Å². The second-order valence-electron chi connectivity index (χ2n) is 4.71. The Bertz CT molecular complexity index is 726. The van der Waals surface area contributed by atoms with Gasteiger partial charge in [0.25, 0.3) is 11.6 Å². The minimum Gasteiger partial charge on any atom is -0.508 e. The molecule has 0 saturated carbocycles. The number of hydrogen-bond acceptors (Lipinski definition) is 4. The molecule has 0 aliphatic heterocycles. The monoisotopic (exact) mass is 286 g/mol. The third-order valence-electron chi connectivity index (χ3n) is 3.14. The van der Waals surface area contributed by atoms with Crippen LogP contribution in [0.25, 0.3) is 0 Å². The molecule has 108 valence electrons. The Morgan fingerprint density at radius 1 is 1.14 bits per heavy atom. The molecule has 2 aromatic rings. The molecule has 0 heterocycles. The maximum Gasteiger partial charge on any atom is 0.273 e. The van der Waals surface area contributed by atoms with Crippen molar-refractivity contribution in [3.63, 3.8) is 0 Å². The molecular weight excluding hydrogens is 272 g/mol. The van der Waals surface area contributed by atoms with Gasteiger partial charge >= 0.3 is 0 Å². The summed E-state index contributed by atoms with van der Waals surface area (Å²) in [5.41, 5.74) is 1.69. The number of carbonyl (C=O) groups excluding carboxylic acids is 1. The van der Waals surface area contributed by atoms with Crippen LogP contribution in [0.1, 0.15) is 21.5 Å². The summed E-state index contributed by atoms with van der Waals surface area (Å²) in [6.07, 6.45) is 0. The van der Waals surface area contributed by atoms with Gasteiger partial charge in [-0.3, -0.25) is 14.9 Å². The van der Waals surface area contributed by atoms with E-state index in [4.69, 9.17) is 0 Å². The lowest BCUT2D eigenvalue weighted by Crippen LogP contribution is -2.12. The van der Waals surface area contributed by atoms with Gasteiger partial charge in [-0.1, -0.05) is 12.1 Å². The van der Waals surface area contributed by atoms with Gasteiger partial charge in [0, 0.05) is 28.9 Å². The van der Waals surface area contributed by atoms with Crippen LogP contribution >= 0.6 is 0 Å². The summed E-state index contributed by atoms with van der Waals surface area (Å²) in [5.74, 6) is -0.399. The number of anilines is 1. The molecule has 6 heteroatoms. The predicted molar refractivity (Wildman–Crippen MR) is 78.6 cm³/mol. The van der Waals surface area contributed by atoms with Crippen molar-refractivity contribution >= 4 is 17.3 Å². The van der Waals surface area contributed by atoms with Crippen LogP contribution in [0.3, 0.4) is 0 Å². The number of benzene rings is 2. The Hall–Kier alpha value is -2.89. The molecule has 0 fully saturated rings. The molecular formula is C15H14N2O4. The number of phenolic OH excluding ortho intramolecular Hbond substituents is 1. The Morgan fingerprint density at radius 3 is 2.43 bits per heavy atom. The highest BCUT2D eigenvalue weighted by Crippen LogP contribution is 2.23. The number of nitro benzene ring substituents is 1. The SMILES string of the molecule is Cc1ccc(NC(=O)c2ccc(C)c([N+](=O)[O-])c2)cc1O. The van der Waals surface area contributed by atoms with Crippen LogP contribution in [0.5, 0.6) is 5.75 Å². The average Bonchev–Trinajstić information content (AvgIpc) is 2.43. The fraction of sp³-hybridized carbons (Fsp3) is 0.133. The van der Waals surface area contributed by atoms with Crippen molar-refractivity contribution in [1.82, 2.24) is 0 Å². The number of carbonyl (C=O) groups is 1. The molecule has 0 aromatic heterocycles. The highest BCUT2D eigenvalue weighted by molar-refractivity contribution is 6.04. The zero-order valence-corrected chi connectivity index (χ0v) is 11.6. The minimum atomic E-state index is -0.524. The van der Waals surface area contributed by atoms with Crippen molar-refractivity contribution < 1.29 is 14.8 Å². The minimum absolute atomic E-state index is 0.0719. The number of aryl methyl sites for hydroxylation is 2. The first kappa shape index (κ1) is 14.5. The number of rotatable bonds is 3. The first-order valence-corrected chi connectivity index (χ1v) is 6.24. The topological polar surface area (TPSA) is 92.5 Å². The number of phenols is 1. The normalized spacial score (nSPS) is 10.2. The number of nitrogens with one attached hydrogen (secondary N) is 1. The number of nitrogens with zero attached hydrogens (tertiary/aromatic N) is 1. The molecule has 1 amide bonds. The van der Waals surface area contributed by atoms with Gasteiger partial charge in [-0.25, -0.2) is 0 Å². The molecule has 6 nitrogen and oxygen atoms in total. The van der Waals surface area contributed by atoms with Crippen molar-refractivity contribution in [3.05, 3.63) is 63.2 Å². The maximum absolute atomic E-state index is 12.1. The molecule has 0 saturated heterocycles. The number of nitro groups is 1. The van der Waals surface area contributed by atoms with E-state index >= 15 is 0 Å². The van der Waals surface area contributed by atoms with Crippen LogP contribution in [0.2, 0.25) is 0 Å². The van der Waals surface area contributed by atoms with Crippen LogP contribution in [0.4, 0.5) is 11.4 Å². The summed E-state index contributed by atoms with van der Waals surface area (Å²) in [5, 5.41) is 23.1. The highest BCUT2D eigenvalue weighted by atomic mass is 16.6. The van der Waals surface area contributed by atoms with Crippen molar-refractivity contribution in [2.75, 3.05) is 5.32 Å². The molecule has 0 atom stereocenters. The van der Waals surface area contributed by atoms with E-state index in [2.05, 4.69) is 5.32 Å². The molecule has 0 radical (unpaired) electrons. The summed E-state index contributed by atoms with van der Waals surface area (Å²) in [4.78, 5) is 22.4. The molecule has 2 N–H and O–H groups in total. The van der Waals surface area contributed by atoms with E-state index in [0.717, 1.165) is 0 Å². The highest BCUT2D eigenvalue weighted by Gasteiger charge is 2.15.